The van der Waals surface area contributed by atoms with Crippen molar-refractivity contribution in [3.05, 3.63) is 36.6 Å². The lowest BCUT2D eigenvalue weighted by atomic mass is 10.1. The summed E-state index contributed by atoms with van der Waals surface area (Å²) in [5, 5.41) is 0. The van der Waals surface area contributed by atoms with E-state index in [0.717, 1.165) is 31.4 Å². The highest BCUT2D eigenvalue weighted by Crippen LogP contribution is 2.13. The standard InChI is InChI=1S/C11H14O2/c1-2-11(12)13-10-8-6-4-3-5-7-9-10/h2-4,9H,1,5-8H2/b4-3-,10-9+. The van der Waals surface area contributed by atoms with E-state index in [1.54, 1.807) is 0 Å². The smallest absolute Gasteiger partial charge is 0.335 e. The van der Waals surface area contributed by atoms with Gasteiger partial charge in [0.15, 0.2) is 0 Å². The van der Waals surface area contributed by atoms with E-state index in [-0.39, 0.29) is 5.97 Å². The molecule has 0 spiro atoms. The maximum absolute atomic E-state index is 10.9. The Morgan fingerprint density at radius 3 is 2.92 bits per heavy atom. The molecule has 0 unspecified atom stereocenters. The van der Waals surface area contributed by atoms with E-state index < -0.39 is 0 Å². The summed E-state index contributed by atoms with van der Waals surface area (Å²) >= 11 is 0. The molecule has 0 amide bonds. The molecule has 1 aliphatic carbocycles. The van der Waals surface area contributed by atoms with Crippen LogP contribution < -0.4 is 0 Å². The number of hydrogen-bond donors (Lipinski definition) is 0. The van der Waals surface area contributed by atoms with Crippen LogP contribution in [0.15, 0.2) is 36.6 Å². The number of esters is 1. The van der Waals surface area contributed by atoms with Crippen LogP contribution >= 0.6 is 0 Å². The third-order valence-electron chi connectivity index (χ3n) is 1.83. The highest BCUT2D eigenvalue weighted by atomic mass is 16.5. The van der Waals surface area contributed by atoms with Gasteiger partial charge in [0.05, 0.1) is 0 Å². The van der Waals surface area contributed by atoms with Crippen molar-refractivity contribution in [1.82, 2.24) is 0 Å². The van der Waals surface area contributed by atoms with Crippen molar-refractivity contribution >= 4 is 5.97 Å². The Morgan fingerprint density at radius 2 is 2.15 bits per heavy atom. The minimum Gasteiger partial charge on any atom is -0.428 e. The molecule has 0 N–H and O–H groups in total. The number of carbonyl (C=O) groups excluding carboxylic acids is 1. The van der Waals surface area contributed by atoms with Crippen molar-refractivity contribution in [3.63, 3.8) is 0 Å². The molecule has 0 saturated carbocycles. The molecule has 0 aromatic carbocycles. The molecule has 1 aliphatic rings. The number of hydrogen-bond acceptors (Lipinski definition) is 2. The molecule has 0 fully saturated rings. The maximum atomic E-state index is 10.9. The summed E-state index contributed by atoms with van der Waals surface area (Å²) in [6.45, 7) is 3.35. The van der Waals surface area contributed by atoms with E-state index in [2.05, 4.69) is 18.7 Å². The van der Waals surface area contributed by atoms with Gasteiger partial charge in [0, 0.05) is 12.5 Å². The molecule has 70 valence electrons. The first-order valence-electron chi connectivity index (χ1n) is 4.51. The molecule has 0 atom stereocenters. The summed E-state index contributed by atoms with van der Waals surface area (Å²) in [5.74, 6) is 0.407. The van der Waals surface area contributed by atoms with Crippen LogP contribution in [-0.4, -0.2) is 5.97 Å². The van der Waals surface area contributed by atoms with Crippen LogP contribution in [0.25, 0.3) is 0 Å². The third-order valence-corrected chi connectivity index (χ3v) is 1.83. The Labute approximate surface area is 78.6 Å². The van der Waals surface area contributed by atoms with Gasteiger partial charge in [-0.15, -0.1) is 0 Å². The molecule has 0 heterocycles. The van der Waals surface area contributed by atoms with Crippen LogP contribution in [0.2, 0.25) is 0 Å². The SMILES string of the molecule is C=CC(=O)O/C1=C/CC/C=C\CC1. The maximum Gasteiger partial charge on any atom is 0.335 e. The fraction of sp³-hybridized carbons (Fsp3) is 0.364. The van der Waals surface area contributed by atoms with Crippen molar-refractivity contribution in [2.75, 3.05) is 0 Å². The lowest BCUT2D eigenvalue weighted by Gasteiger charge is -2.07. The first-order chi connectivity index (χ1) is 6.33. The van der Waals surface area contributed by atoms with Gasteiger partial charge >= 0.3 is 5.97 Å². The van der Waals surface area contributed by atoms with Gasteiger partial charge in [0.2, 0.25) is 0 Å². The number of ether oxygens (including phenoxy) is 1. The largest absolute Gasteiger partial charge is 0.428 e. The lowest BCUT2D eigenvalue weighted by Crippen LogP contribution is -2.00. The first-order valence-corrected chi connectivity index (χ1v) is 4.51. The van der Waals surface area contributed by atoms with Gasteiger partial charge in [-0.25, -0.2) is 4.79 Å². The number of allylic oxidation sites excluding steroid dienone is 4. The molecule has 0 aromatic heterocycles. The summed E-state index contributed by atoms with van der Waals surface area (Å²) in [6, 6.07) is 0. The molecule has 0 radical (unpaired) electrons. The Bertz CT molecular complexity index is 249. The van der Waals surface area contributed by atoms with E-state index in [0.29, 0.717) is 0 Å². The van der Waals surface area contributed by atoms with Gasteiger partial charge in [-0.05, 0) is 25.3 Å². The average Bonchev–Trinajstić information content (AvgIpc) is 2.09. The zero-order valence-corrected chi connectivity index (χ0v) is 7.66. The van der Waals surface area contributed by atoms with Crippen LogP contribution in [0, 0.1) is 0 Å². The van der Waals surface area contributed by atoms with E-state index in [1.165, 1.54) is 6.08 Å². The van der Waals surface area contributed by atoms with E-state index in [4.69, 9.17) is 4.74 Å². The molecule has 1 rings (SSSR count). The normalized spacial score (nSPS) is 23.2. The molecule has 2 nitrogen and oxygen atoms in total. The molecule has 13 heavy (non-hydrogen) atoms. The summed E-state index contributed by atoms with van der Waals surface area (Å²) in [5.41, 5.74) is 0. The Kier molecular flexibility index (Phi) is 4.03. The molecule has 2 heteroatoms. The van der Waals surface area contributed by atoms with Crippen LogP contribution in [0.3, 0.4) is 0 Å². The molecular weight excluding hydrogens is 164 g/mol. The molecule has 0 saturated heterocycles. The predicted octanol–water partition coefficient (Wildman–Crippen LogP) is 2.73. The predicted molar refractivity (Wildman–Crippen MR) is 52.0 cm³/mol. The van der Waals surface area contributed by atoms with Gasteiger partial charge in [-0.2, -0.15) is 0 Å². The minimum atomic E-state index is -0.365. The first kappa shape index (κ1) is 9.78. The Hall–Kier alpha value is -1.31. The summed E-state index contributed by atoms with van der Waals surface area (Å²) < 4.78 is 5.05. The summed E-state index contributed by atoms with van der Waals surface area (Å²) in [4.78, 5) is 10.9. The minimum absolute atomic E-state index is 0.365. The van der Waals surface area contributed by atoms with Crippen LogP contribution in [0.1, 0.15) is 25.7 Å². The topological polar surface area (TPSA) is 26.3 Å². The molecule has 0 bridgehead atoms. The van der Waals surface area contributed by atoms with Gasteiger partial charge in [-0.1, -0.05) is 18.7 Å². The van der Waals surface area contributed by atoms with E-state index in [1.807, 2.05) is 6.08 Å². The van der Waals surface area contributed by atoms with Gasteiger partial charge in [0.25, 0.3) is 0 Å². The third kappa shape index (κ3) is 3.74. The summed E-state index contributed by atoms with van der Waals surface area (Å²) in [7, 11) is 0. The van der Waals surface area contributed by atoms with Gasteiger partial charge in [0.1, 0.15) is 5.76 Å². The lowest BCUT2D eigenvalue weighted by molar-refractivity contribution is -0.134. The zero-order valence-electron chi connectivity index (χ0n) is 7.66. The fourth-order valence-electron chi connectivity index (χ4n) is 1.17. The molecular formula is C11H14O2. The van der Waals surface area contributed by atoms with Crippen molar-refractivity contribution in [3.8, 4) is 0 Å². The van der Waals surface area contributed by atoms with Crippen molar-refractivity contribution in [2.45, 2.75) is 25.7 Å². The summed E-state index contributed by atoms with van der Waals surface area (Å²) in [6.07, 6.45) is 11.1. The Balaban J connectivity index is 2.47. The highest BCUT2D eigenvalue weighted by Gasteiger charge is 2.03. The van der Waals surface area contributed by atoms with Crippen molar-refractivity contribution in [2.24, 2.45) is 0 Å². The second-order valence-corrected chi connectivity index (χ2v) is 2.88. The number of carbonyl (C=O) groups is 1. The Morgan fingerprint density at radius 1 is 1.38 bits per heavy atom. The van der Waals surface area contributed by atoms with Gasteiger partial charge < -0.3 is 4.74 Å². The van der Waals surface area contributed by atoms with Crippen molar-refractivity contribution in [1.29, 1.82) is 0 Å². The van der Waals surface area contributed by atoms with E-state index in [9.17, 15) is 4.79 Å². The van der Waals surface area contributed by atoms with Crippen LogP contribution in [0.5, 0.6) is 0 Å². The van der Waals surface area contributed by atoms with E-state index >= 15 is 0 Å². The average molecular weight is 178 g/mol. The zero-order chi connectivity index (χ0) is 9.52. The molecule has 0 aromatic rings. The highest BCUT2D eigenvalue weighted by molar-refractivity contribution is 5.82. The number of rotatable bonds is 2. The molecule has 0 aliphatic heterocycles. The fourth-order valence-corrected chi connectivity index (χ4v) is 1.17. The van der Waals surface area contributed by atoms with Gasteiger partial charge in [-0.3, -0.25) is 0 Å². The van der Waals surface area contributed by atoms with Crippen LogP contribution in [-0.2, 0) is 9.53 Å². The van der Waals surface area contributed by atoms with Crippen LogP contribution in [0.4, 0.5) is 0 Å². The monoisotopic (exact) mass is 178 g/mol. The second-order valence-electron chi connectivity index (χ2n) is 2.88. The second kappa shape index (κ2) is 5.36. The quantitative estimate of drug-likeness (QED) is 0.369. The van der Waals surface area contributed by atoms with Crippen molar-refractivity contribution < 1.29 is 9.53 Å².